The minimum absolute atomic E-state index is 1.01. The summed E-state index contributed by atoms with van der Waals surface area (Å²) in [7, 11) is 0. The molecule has 0 bridgehead atoms. The van der Waals surface area contributed by atoms with Crippen molar-refractivity contribution in [2.45, 2.75) is 53.4 Å². The van der Waals surface area contributed by atoms with Gasteiger partial charge in [0.15, 0.2) is 0 Å². The zero-order chi connectivity index (χ0) is 38.6. The van der Waals surface area contributed by atoms with E-state index < -0.39 is 0 Å². The highest BCUT2D eigenvalue weighted by atomic mass is 79.9. The van der Waals surface area contributed by atoms with Crippen LogP contribution in [0.3, 0.4) is 0 Å². The molecule has 2 aliphatic rings. The summed E-state index contributed by atoms with van der Waals surface area (Å²) in [5.41, 5.74) is 12.3. The van der Waals surface area contributed by atoms with Gasteiger partial charge in [0.05, 0.1) is 11.0 Å². The molecular formula is C52H47BrN2S. The van der Waals surface area contributed by atoms with Crippen molar-refractivity contribution < 1.29 is 0 Å². The molecule has 0 radical (unpaired) electrons. The molecule has 0 atom stereocenters. The lowest BCUT2D eigenvalue weighted by atomic mass is 9.96. The van der Waals surface area contributed by atoms with Crippen LogP contribution in [0.2, 0.25) is 0 Å². The highest BCUT2D eigenvalue weighted by Gasteiger charge is 2.22. The second kappa shape index (κ2) is 16.8. The van der Waals surface area contributed by atoms with Gasteiger partial charge in [-0.1, -0.05) is 135 Å². The number of anilines is 3. The molecule has 10 rings (SSSR count). The Morgan fingerprint density at radius 1 is 0.536 bits per heavy atom. The Labute approximate surface area is 343 Å². The van der Waals surface area contributed by atoms with Crippen LogP contribution in [0.5, 0.6) is 0 Å². The molecule has 56 heavy (non-hydrogen) atoms. The van der Waals surface area contributed by atoms with Gasteiger partial charge < -0.3 is 9.47 Å². The predicted molar refractivity (Wildman–Crippen MR) is 252 cm³/mol. The van der Waals surface area contributed by atoms with Crippen LogP contribution < -0.4 is 4.90 Å². The Kier molecular flexibility index (Phi) is 11.2. The van der Waals surface area contributed by atoms with E-state index in [9.17, 15) is 0 Å². The predicted octanol–water partition coefficient (Wildman–Crippen LogP) is 17.0. The van der Waals surface area contributed by atoms with Gasteiger partial charge in [0.25, 0.3) is 0 Å². The van der Waals surface area contributed by atoms with E-state index in [2.05, 4.69) is 189 Å². The van der Waals surface area contributed by atoms with Crippen molar-refractivity contribution in [3.05, 3.63) is 174 Å². The molecule has 0 unspecified atom stereocenters. The van der Waals surface area contributed by atoms with Crippen LogP contribution in [0.15, 0.2) is 168 Å². The molecule has 2 aliphatic carbocycles. The fourth-order valence-electron chi connectivity index (χ4n) is 8.16. The Balaban J connectivity index is 0.00000107. The average Bonchev–Trinajstić information content (AvgIpc) is 3.81. The molecule has 0 saturated carbocycles. The van der Waals surface area contributed by atoms with Crippen molar-refractivity contribution in [2.75, 3.05) is 4.90 Å². The number of nitrogens with zero attached hydrogens (tertiary/aromatic N) is 2. The van der Waals surface area contributed by atoms with Gasteiger partial charge in [-0.15, -0.1) is 11.3 Å². The second-order valence-corrected chi connectivity index (χ2v) is 15.7. The number of halogens is 1. The lowest BCUT2D eigenvalue weighted by Gasteiger charge is -2.27. The molecule has 0 aliphatic heterocycles. The number of rotatable bonds is 6. The van der Waals surface area contributed by atoms with E-state index in [1.807, 2.05) is 39.0 Å². The monoisotopic (exact) mass is 810 g/mol. The summed E-state index contributed by atoms with van der Waals surface area (Å²) in [6.07, 6.45) is 17.7. The summed E-state index contributed by atoms with van der Waals surface area (Å²) in [5, 5.41) is 5.33. The minimum Gasteiger partial charge on any atom is -0.313 e. The lowest BCUT2D eigenvalue weighted by molar-refractivity contribution is 0.979. The van der Waals surface area contributed by atoms with Crippen molar-refractivity contribution in [3.8, 4) is 11.1 Å². The van der Waals surface area contributed by atoms with Crippen LogP contribution in [0.25, 0.3) is 64.4 Å². The Bertz CT molecular complexity index is 2830. The first-order valence-electron chi connectivity index (χ1n) is 20.1. The molecule has 2 heterocycles. The Morgan fingerprint density at radius 3 is 1.95 bits per heavy atom. The number of aromatic nitrogens is 1. The molecule has 2 aromatic heterocycles. The van der Waals surface area contributed by atoms with Gasteiger partial charge in [0.2, 0.25) is 0 Å². The van der Waals surface area contributed by atoms with E-state index in [0.717, 1.165) is 47.2 Å². The summed E-state index contributed by atoms with van der Waals surface area (Å²) in [4.78, 5) is 2.44. The summed E-state index contributed by atoms with van der Waals surface area (Å²) in [5.74, 6) is 0. The number of fused-ring (bicyclic) bond motifs is 7. The average molecular weight is 812 g/mol. The molecule has 0 saturated heterocycles. The minimum atomic E-state index is 1.01. The molecule has 0 fully saturated rings. The van der Waals surface area contributed by atoms with Gasteiger partial charge >= 0.3 is 0 Å². The SMILES string of the molecule is Brc1cccc(-c2cccc(N(c3cccc(C4=CC=CCC4)c3)c3ccc4c5c6c(ccc5n(C5=CC=CCC5)c4c3)sc3ccccc36)c2)c1.CC.CC. The largest absolute Gasteiger partial charge is 0.313 e. The molecule has 4 heteroatoms. The van der Waals surface area contributed by atoms with Gasteiger partial charge in [-0.2, -0.15) is 0 Å². The van der Waals surface area contributed by atoms with E-state index in [4.69, 9.17) is 0 Å². The zero-order valence-corrected chi connectivity index (χ0v) is 35.0. The highest BCUT2D eigenvalue weighted by molar-refractivity contribution is 9.10. The van der Waals surface area contributed by atoms with Gasteiger partial charge in [-0.05, 0) is 121 Å². The van der Waals surface area contributed by atoms with E-state index in [1.54, 1.807) is 0 Å². The molecule has 0 spiro atoms. The van der Waals surface area contributed by atoms with Crippen molar-refractivity contribution in [1.29, 1.82) is 0 Å². The molecule has 2 nitrogen and oxygen atoms in total. The maximum Gasteiger partial charge on any atom is 0.0558 e. The second-order valence-electron chi connectivity index (χ2n) is 13.7. The number of thiophene rings is 1. The first-order valence-corrected chi connectivity index (χ1v) is 21.7. The van der Waals surface area contributed by atoms with Gasteiger partial charge in [0, 0.05) is 58.2 Å². The first kappa shape index (κ1) is 37.5. The smallest absolute Gasteiger partial charge is 0.0558 e. The quantitative estimate of drug-likeness (QED) is 0.162. The van der Waals surface area contributed by atoms with Crippen molar-refractivity contribution >= 4 is 97.6 Å². The summed E-state index contributed by atoms with van der Waals surface area (Å²) in [6.45, 7) is 8.00. The lowest BCUT2D eigenvalue weighted by Crippen LogP contribution is -2.11. The maximum atomic E-state index is 3.70. The Hall–Kier alpha value is -5.42. The van der Waals surface area contributed by atoms with Gasteiger partial charge in [-0.25, -0.2) is 0 Å². The van der Waals surface area contributed by atoms with Crippen molar-refractivity contribution in [3.63, 3.8) is 0 Å². The third-order valence-corrected chi connectivity index (χ3v) is 12.2. The zero-order valence-electron chi connectivity index (χ0n) is 32.6. The Morgan fingerprint density at radius 2 is 1.21 bits per heavy atom. The van der Waals surface area contributed by atoms with Crippen molar-refractivity contribution in [1.82, 2.24) is 4.57 Å². The number of hydrogen-bond acceptors (Lipinski definition) is 2. The van der Waals surface area contributed by atoms with Crippen LogP contribution >= 0.6 is 27.3 Å². The fraction of sp³-hybridized carbons (Fsp3) is 0.154. The van der Waals surface area contributed by atoms with Crippen molar-refractivity contribution in [2.24, 2.45) is 0 Å². The fourth-order valence-corrected chi connectivity index (χ4v) is 9.68. The van der Waals surface area contributed by atoms with E-state index >= 15 is 0 Å². The normalized spacial score (nSPS) is 13.6. The molecule has 0 amide bonds. The number of allylic oxidation sites excluding steroid dienone is 8. The van der Waals surface area contributed by atoms with Gasteiger partial charge in [-0.3, -0.25) is 0 Å². The first-order chi connectivity index (χ1) is 27.7. The van der Waals surface area contributed by atoms with Crippen LogP contribution in [-0.4, -0.2) is 4.57 Å². The van der Waals surface area contributed by atoms with Crippen LogP contribution in [0.1, 0.15) is 58.9 Å². The topological polar surface area (TPSA) is 8.17 Å². The summed E-state index contributed by atoms with van der Waals surface area (Å²) in [6, 6.07) is 47.3. The van der Waals surface area contributed by atoms with Crippen LogP contribution in [0, 0.1) is 0 Å². The molecule has 6 aromatic carbocycles. The molecule has 278 valence electrons. The van der Waals surface area contributed by atoms with Gasteiger partial charge in [0.1, 0.15) is 0 Å². The molecule has 8 aromatic rings. The standard InChI is InChI=1S/C48H35BrN2S.2C2H6/c49-36-17-9-14-33(28-36)35-16-11-21-39(30-35)50(38-20-10-15-34(29-38)32-12-3-1-4-13-32)40-24-25-41-44(31-40)51(37-18-5-2-6-19-37)43-26-27-46-48(47(41)43)42-22-7-8-23-45(42)52-46;2*1-2/h1-3,5,7-12,14-18,20-31H,4,6,13,19H2;2*1-2H3. The van der Waals surface area contributed by atoms with Crippen LogP contribution in [0.4, 0.5) is 17.1 Å². The number of hydrogen-bond donors (Lipinski definition) is 0. The van der Waals surface area contributed by atoms with E-state index in [0.29, 0.717) is 0 Å². The van der Waals surface area contributed by atoms with E-state index in [-0.39, 0.29) is 0 Å². The highest BCUT2D eigenvalue weighted by Crippen LogP contribution is 2.46. The summed E-state index contributed by atoms with van der Waals surface area (Å²) < 4.78 is 6.29. The van der Waals surface area contributed by atoms with Crippen LogP contribution in [-0.2, 0) is 0 Å². The third kappa shape index (κ3) is 6.97. The molecular weight excluding hydrogens is 765 g/mol. The number of benzene rings is 6. The molecule has 0 N–H and O–H groups in total. The maximum absolute atomic E-state index is 3.70. The third-order valence-electron chi connectivity index (χ3n) is 10.5. The summed E-state index contributed by atoms with van der Waals surface area (Å²) >= 11 is 5.59. The van der Waals surface area contributed by atoms with E-state index in [1.165, 1.54) is 69.9 Å².